The quantitative estimate of drug-likeness (QED) is 0.473. The van der Waals surface area contributed by atoms with E-state index in [9.17, 15) is 9.59 Å². The molecule has 4 heterocycles. The van der Waals surface area contributed by atoms with E-state index in [1.807, 2.05) is 19.9 Å². The second-order valence-electron chi connectivity index (χ2n) is 6.94. The lowest BCUT2D eigenvalue weighted by atomic mass is 10.0. The van der Waals surface area contributed by atoms with E-state index in [0.717, 1.165) is 10.6 Å². The van der Waals surface area contributed by atoms with E-state index in [1.54, 1.807) is 30.5 Å². The standard InChI is InChI=1S/C21H15ClN4O3S/c1-3-15-24-25-21(30-15)26-17(13-6-4-5-7-23-13)16-18(27)11-9-12(22)10(2)8-14(11)29-19(16)20(26)28/h4-9,17H,3H2,1-2H3. The summed E-state index contributed by atoms with van der Waals surface area (Å²) in [5, 5.41) is 10.3. The molecule has 150 valence electrons. The number of fused-ring (bicyclic) bond motifs is 2. The third kappa shape index (κ3) is 2.75. The van der Waals surface area contributed by atoms with Gasteiger partial charge in [-0.3, -0.25) is 19.5 Å². The molecule has 30 heavy (non-hydrogen) atoms. The van der Waals surface area contributed by atoms with Crippen LogP contribution in [0.25, 0.3) is 11.0 Å². The summed E-state index contributed by atoms with van der Waals surface area (Å²) >= 11 is 7.56. The Kier molecular flexibility index (Phi) is 4.41. The summed E-state index contributed by atoms with van der Waals surface area (Å²) in [5.41, 5.74) is 1.55. The fourth-order valence-corrected chi connectivity index (χ4v) is 4.56. The Hall–Kier alpha value is -3.10. The summed E-state index contributed by atoms with van der Waals surface area (Å²) in [6.45, 7) is 3.78. The van der Waals surface area contributed by atoms with E-state index in [1.165, 1.54) is 16.2 Å². The summed E-state index contributed by atoms with van der Waals surface area (Å²) in [5.74, 6) is -0.441. The highest BCUT2D eigenvalue weighted by Crippen LogP contribution is 2.41. The first-order chi connectivity index (χ1) is 14.5. The third-order valence-corrected chi connectivity index (χ3v) is 6.56. The minimum absolute atomic E-state index is 0.00174. The van der Waals surface area contributed by atoms with Gasteiger partial charge in [0.25, 0.3) is 5.91 Å². The van der Waals surface area contributed by atoms with Gasteiger partial charge in [0.2, 0.25) is 10.9 Å². The molecule has 1 unspecified atom stereocenters. The predicted molar refractivity (Wildman–Crippen MR) is 114 cm³/mol. The van der Waals surface area contributed by atoms with Gasteiger partial charge in [-0.15, -0.1) is 10.2 Å². The number of amides is 1. The minimum Gasteiger partial charge on any atom is -0.450 e. The van der Waals surface area contributed by atoms with Crippen molar-refractivity contribution in [1.29, 1.82) is 0 Å². The molecule has 1 aliphatic rings. The number of carbonyl (C=O) groups excluding carboxylic acids is 1. The number of carbonyl (C=O) groups is 1. The minimum atomic E-state index is -0.757. The number of aryl methyl sites for hydroxylation is 2. The van der Waals surface area contributed by atoms with E-state index in [4.69, 9.17) is 16.0 Å². The molecule has 0 radical (unpaired) electrons. The molecule has 0 saturated heterocycles. The number of aromatic nitrogens is 3. The molecule has 4 aromatic rings. The Bertz CT molecular complexity index is 1370. The molecule has 0 aliphatic carbocycles. The lowest BCUT2D eigenvalue weighted by molar-refractivity contribution is 0.0970. The zero-order valence-corrected chi connectivity index (χ0v) is 17.6. The third-order valence-electron chi connectivity index (χ3n) is 5.08. The molecule has 0 spiro atoms. The molecule has 9 heteroatoms. The maximum atomic E-state index is 13.5. The van der Waals surface area contributed by atoms with E-state index < -0.39 is 11.9 Å². The monoisotopic (exact) mass is 438 g/mol. The van der Waals surface area contributed by atoms with Crippen LogP contribution in [0, 0.1) is 6.92 Å². The average molecular weight is 439 g/mol. The van der Waals surface area contributed by atoms with Crippen molar-refractivity contribution in [3.63, 3.8) is 0 Å². The lowest BCUT2D eigenvalue weighted by Crippen LogP contribution is -2.30. The highest BCUT2D eigenvalue weighted by atomic mass is 35.5. The lowest BCUT2D eigenvalue weighted by Gasteiger charge is -2.20. The number of rotatable bonds is 3. The van der Waals surface area contributed by atoms with Crippen LogP contribution in [0.3, 0.4) is 0 Å². The van der Waals surface area contributed by atoms with Crippen LogP contribution in [0.4, 0.5) is 5.13 Å². The Morgan fingerprint density at radius 3 is 2.77 bits per heavy atom. The van der Waals surface area contributed by atoms with Gasteiger partial charge in [-0.2, -0.15) is 0 Å². The molecule has 1 aromatic carbocycles. The zero-order valence-electron chi connectivity index (χ0n) is 16.0. The molecule has 0 fully saturated rings. The maximum absolute atomic E-state index is 13.5. The SMILES string of the molecule is CCc1nnc(N2C(=O)c3oc4cc(C)c(Cl)cc4c(=O)c3C2c2ccccn2)s1. The van der Waals surface area contributed by atoms with E-state index in [0.29, 0.717) is 33.2 Å². The second kappa shape index (κ2) is 7.00. The van der Waals surface area contributed by atoms with Crippen LogP contribution in [0.5, 0.6) is 0 Å². The molecule has 7 nitrogen and oxygen atoms in total. The van der Waals surface area contributed by atoms with Crippen LogP contribution in [0.15, 0.2) is 45.7 Å². The van der Waals surface area contributed by atoms with Crippen molar-refractivity contribution < 1.29 is 9.21 Å². The van der Waals surface area contributed by atoms with Crippen molar-refractivity contribution in [2.45, 2.75) is 26.3 Å². The van der Waals surface area contributed by atoms with Gasteiger partial charge in [-0.05, 0) is 43.2 Å². The molecule has 3 aromatic heterocycles. The van der Waals surface area contributed by atoms with Crippen LogP contribution >= 0.6 is 22.9 Å². The highest BCUT2D eigenvalue weighted by molar-refractivity contribution is 7.15. The highest BCUT2D eigenvalue weighted by Gasteiger charge is 2.45. The van der Waals surface area contributed by atoms with E-state index in [2.05, 4.69) is 15.2 Å². The van der Waals surface area contributed by atoms with E-state index >= 15 is 0 Å². The molecule has 1 aliphatic heterocycles. The summed E-state index contributed by atoms with van der Waals surface area (Å²) in [7, 11) is 0. The summed E-state index contributed by atoms with van der Waals surface area (Å²) in [6, 6.07) is 7.85. The molecule has 1 atom stereocenters. The van der Waals surface area contributed by atoms with Gasteiger partial charge in [-0.1, -0.05) is 35.9 Å². The molecule has 0 bridgehead atoms. The summed E-state index contributed by atoms with van der Waals surface area (Å²) < 4.78 is 5.95. The van der Waals surface area contributed by atoms with Crippen LogP contribution < -0.4 is 10.3 Å². The van der Waals surface area contributed by atoms with Gasteiger partial charge in [-0.25, -0.2) is 0 Å². The van der Waals surface area contributed by atoms with E-state index in [-0.39, 0.29) is 16.8 Å². The Labute approximate surface area is 180 Å². The van der Waals surface area contributed by atoms with Gasteiger partial charge in [0.05, 0.1) is 16.6 Å². The molecule has 0 N–H and O–H groups in total. The smallest absolute Gasteiger partial charge is 0.297 e. The fraction of sp³-hybridized carbons (Fsp3) is 0.190. The topological polar surface area (TPSA) is 89.2 Å². The Balaban J connectivity index is 1.81. The first-order valence-corrected chi connectivity index (χ1v) is 10.5. The van der Waals surface area contributed by atoms with Crippen molar-refractivity contribution in [3.8, 4) is 0 Å². The van der Waals surface area contributed by atoms with Crippen LogP contribution in [0.1, 0.15) is 45.3 Å². The van der Waals surface area contributed by atoms with Gasteiger partial charge in [0.1, 0.15) is 16.6 Å². The van der Waals surface area contributed by atoms with Crippen molar-refractivity contribution in [2.24, 2.45) is 0 Å². The van der Waals surface area contributed by atoms with Crippen molar-refractivity contribution in [1.82, 2.24) is 15.2 Å². The molecule has 0 saturated carbocycles. The number of halogens is 1. The first-order valence-electron chi connectivity index (χ1n) is 9.33. The van der Waals surface area contributed by atoms with Crippen molar-refractivity contribution in [2.75, 3.05) is 4.90 Å². The van der Waals surface area contributed by atoms with Crippen LogP contribution in [-0.2, 0) is 6.42 Å². The fourth-order valence-electron chi connectivity index (χ4n) is 3.59. The number of hydrogen-bond acceptors (Lipinski definition) is 7. The zero-order chi connectivity index (χ0) is 21.0. The number of anilines is 1. The predicted octanol–water partition coefficient (Wildman–Crippen LogP) is 4.31. The van der Waals surface area contributed by atoms with Crippen LogP contribution in [0.2, 0.25) is 5.02 Å². The van der Waals surface area contributed by atoms with Gasteiger partial charge in [0, 0.05) is 11.2 Å². The summed E-state index contributed by atoms with van der Waals surface area (Å²) in [6.07, 6.45) is 2.32. The van der Waals surface area contributed by atoms with Crippen molar-refractivity contribution >= 4 is 44.9 Å². The first kappa shape index (κ1) is 18.9. The number of nitrogens with zero attached hydrogens (tertiary/aromatic N) is 4. The molecule has 5 rings (SSSR count). The van der Waals surface area contributed by atoms with Crippen LogP contribution in [-0.4, -0.2) is 21.1 Å². The number of hydrogen-bond donors (Lipinski definition) is 0. The van der Waals surface area contributed by atoms with Gasteiger partial charge in [0.15, 0.2) is 5.43 Å². The van der Waals surface area contributed by atoms with Gasteiger partial charge < -0.3 is 4.42 Å². The normalized spacial score (nSPS) is 15.8. The Morgan fingerprint density at radius 2 is 2.07 bits per heavy atom. The van der Waals surface area contributed by atoms with Gasteiger partial charge >= 0.3 is 0 Å². The number of pyridine rings is 1. The Morgan fingerprint density at radius 1 is 1.23 bits per heavy atom. The molecular weight excluding hydrogens is 424 g/mol. The maximum Gasteiger partial charge on any atom is 0.297 e. The van der Waals surface area contributed by atoms with Crippen molar-refractivity contribution in [3.05, 3.63) is 79.4 Å². The molecule has 1 amide bonds. The second-order valence-corrected chi connectivity index (χ2v) is 8.38. The largest absolute Gasteiger partial charge is 0.450 e. The average Bonchev–Trinajstić information content (AvgIpc) is 3.33. The number of benzene rings is 1. The molecular formula is C21H15ClN4O3S. The summed E-state index contributed by atoms with van der Waals surface area (Å²) in [4.78, 5) is 32.8.